The summed E-state index contributed by atoms with van der Waals surface area (Å²) in [6.07, 6.45) is 0.929. The molecule has 1 heterocycles. The van der Waals surface area contributed by atoms with Crippen LogP contribution in [0.2, 0.25) is 0 Å². The first-order valence-electron chi connectivity index (χ1n) is 8.56. The summed E-state index contributed by atoms with van der Waals surface area (Å²) >= 11 is 0. The van der Waals surface area contributed by atoms with Crippen molar-refractivity contribution >= 4 is 15.9 Å². The lowest BCUT2D eigenvalue weighted by Crippen LogP contribution is -2.43. The number of sulfonamides is 1. The first-order chi connectivity index (χ1) is 12.2. The molecule has 6 nitrogen and oxygen atoms in total. The second-order valence-corrected chi connectivity index (χ2v) is 8.51. The van der Waals surface area contributed by atoms with Crippen molar-refractivity contribution in [3.05, 3.63) is 29.8 Å². The second-order valence-electron chi connectivity index (χ2n) is 6.26. The number of piperidine rings is 1. The minimum Gasteiger partial charge on any atom is -0.435 e. The number of hydrogen-bond donors (Lipinski definition) is 1. The van der Waals surface area contributed by atoms with E-state index in [4.69, 9.17) is 0 Å². The number of halogens is 2. The van der Waals surface area contributed by atoms with E-state index < -0.39 is 16.6 Å². The van der Waals surface area contributed by atoms with Gasteiger partial charge in [-0.05, 0) is 44.4 Å². The van der Waals surface area contributed by atoms with Gasteiger partial charge in [-0.3, -0.25) is 4.79 Å². The van der Waals surface area contributed by atoms with E-state index in [0.29, 0.717) is 31.5 Å². The summed E-state index contributed by atoms with van der Waals surface area (Å²) in [7, 11) is -3.22. The van der Waals surface area contributed by atoms with Crippen LogP contribution in [0.4, 0.5) is 8.78 Å². The van der Waals surface area contributed by atoms with Crippen molar-refractivity contribution < 1.29 is 26.7 Å². The van der Waals surface area contributed by atoms with Gasteiger partial charge in [0.15, 0.2) is 0 Å². The summed E-state index contributed by atoms with van der Waals surface area (Å²) in [5, 5.41) is 2.86. The van der Waals surface area contributed by atoms with Gasteiger partial charge in [-0.25, -0.2) is 12.7 Å². The highest BCUT2D eigenvalue weighted by Gasteiger charge is 2.30. The van der Waals surface area contributed by atoms with Gasteiger partial charge in [-0.15, -0.1) is 0 Å². The Labute approximate surface area is 152 Å². The molecule has 26 heavy (non-hydrogen) atoms. The fourth-order valence-electron chi connectivity index (χ4n) is 2.95. The Bertz CT molecular complexity index is 719. The molecule has 1 atom stereocenters. The van der Waals surface area contributed by atoms with Crippen LogP contribution in [0.3, 0.4) is 0 Å². The van der Waals surface area contributed by atoms with Crippen LogP contribution in [0.5, 0.6) is 5.75 Å². The van der Waals surface area contributed by atoms with Crippen LogP contribution in [-0.2, 0) is 14.8 Å². The van der Waals surface area contributed by atoms with Crippen molar-refractivity contribution in [1.29, 1.82) is 0 Å². The molecule has 1 unspecified atom stereocenters. The average molecular weight is 390 g/mol. The zero-order valence-electron chi connectivity index (χ0n) is 14.8. The summed E-state index contributed by atoms with van der Waals surface area (Å²) < 4.78 is 54.1. The fourth-order valence-corrected chi connectivity index (χ4v) is 4.09. The van der Waals surface area contributed by atoms with Crippen molar-refractivity contribution in [2.75, 3.05) is 18.8 Å². The van der Waals surface area contributed by atoms with Gasteiger partial charge in [0.1, 0.15) is 5.75 Å². The smallest absolute Gasteiger partial charge is 0.387 e. The Morgan fingerprint density at radius 1 is 1.35 bits per heavy atom. The highest BCUT2D eigenvalue weighted by Crippen LogP contribution is 2.23. The highest BCUT2D eigenvalue weighted by atomic mass is 32.2. The molecule has 1 saturated heterocycles. The number of alkyl halides is 2. The molecule has 0 spiro atoms. The number of nitrogens with zero attached hydrogens (tertiary/aromatic N) is 1. The number of hydrogen-bond acceptors (Lipinski definition) is 4. The molecule has 1 aliphatic rings. The number of carbonyl (C=O) groups is 1. The van der Waals surface area contributed by atoms with Gasteiger partial charge in [-0.2, -0.15) is 8.78 Å². The van der Waals surface area contributed by atoms with Gasteiger partial charge < -0.3 is 10.1 Å². The third kappa shape index (κ3) is 5.38. The van der Waals surface area contributed by atoms with E-state index >= 15 is 0 Å². The number of amides is 1. The molecular weight excluding hydrogens is 366 g/mol. The molecule has 0 aromatic heterocycles. The Morgan fingerprint density at radius 3 is 2.58 bits per heavy atom. The molecule has 1 aliphatic heterocycles. The molecule has 2 rings (SSSR count). The average Bonchev–Trinajstić information content (AvgIpc) is 2.61. The lowest BCUT2D eigenvalue weighted by Gasteiger charge is -2.31. The first-order valence-corrected chi connectivity index (χ1v) is 10.2. The monoisotopic (exact) mass is 390 g/mol. The third-order valence-electron chi connectivity index (χ3n) is 4.52. The zero-order valence-corrected chi connectivity index (χ0v) is 15.6. The molecule has 1 N–H and O–H groups in total. The Hall–Kier alpha value is -1.74. The van der Waals surface area contributed by atoms with E-state index in [9.17, 15) is 22.0 Å². The van der Waals surface area contributed by atoms with Crippen LogP contribution < -0.4 is 10.1 Å². The zero-order chi connectivity index (χ0) is 19.3. The molecule has 0 bridgehead atoms. The molecule has 0 radical (unpaired) electrons. The fraction of sp³-hybridized carbons (Fsp3) is 0.588. The van der Waals surface area contributed by atoms with Gasteiger partial charge in [0.05, 0.1) is 11.8 Å². The van der Waals surface area contributed by atoms with Gasteiger partial charge in [-0.1, -0.05) is 12.1 Å². The normalized spacial score (nSPS) is 17.9. The van der Waals surface area contributed by atoms with E-state index in [1.165, 1.54) is 16.4 Å². The largest absolute Gasteiger partial charge is 0.435 e. The predicted octanol–water partition coefficient (Wildman–Crippen LogP) is 2.53. The maximum absolute atomic E-state index is 12.4. The number of benzene rings is 1. The van der Waals surface area contributed by atoms with Crippen LogP contribution in [0.15, 0.2) is 24.3 Å². The van der Waals surface area contributed by atoms with Crippen molar-refractivity contribution in [1.82, 2.24) is 9.62 Å². The summed E-state index contributed by atoms with van der Waals surface area (Å²) in [6, 6.07) is 5.83. The van der Waals surface area contributed by atoms with E-state index in [1.54, 1.807) is 26.0 Å². The van der Waals surface area contributed by atoms with Gasteiger partial charge in [0.2, 0.25) is 15.9 Å². The van der Waals surface area contributed by atoms with Crippen LogP contribution in [0.1, 0.15) is 38.3 Å². The van der Waals surface area contributed by atoms with Crippen LogP contribution in [-0.4, -0.2) is 44.1 Å². The quantitative estimate of drug-likeness (QED) is 0.776. The van der Waals surface area contributed by atoms with Gasteiger partial charge in [0, 0.05) is 19.0 Å². The minimum atomic E-state index is -3.22. The van der Waals surface area contributed by atoms with Crippen LogP contribution in [0.25, 0.3) is 0 Å². The molecule has 146 valence electrons. The lowest BCUT2D eigenvalue weighted by atomic mass is 9.96. The second kappa shape index (κ2) is 8.77. The highest BCUT2D eigenvalue weighted by molar-refractivity contribution is 7.89. The molecular formula is C17H24F2N2O4S. The van der Waals surface area contributed by atoms with Crippen molar-refractivity contribution in [2.24, 2.45) is 5.92 Å². The molecule has 1 fully saturated rings. The molecule has 9 heteroatoms. The molecule has 0 saturated carbocycles. The standard InChI is InChI=1S/C17H24F2N2O4S/c1-3-26(23,24)21-9-7-13(8-10-21)16(22)20-12(2)14-5-4-6-15(11-14)25-17(18)19/h4-6,11-13,17H,3,7-10H2,1-2H3,(H,20,22). The summed E-state index contributed by atoms with van der Waals surface area (Å²) in [6.45, 7) is 1.12. The Balaban J connectivity index is 1.92. The maximum Gasteiger partial charge on any atom is 0.387 e. The summed E-state index contributed by atoms with van der Waals surface area (Å²) in [5.41, 5.74) is 0.655. The molecule has 1 aromatic rings. The summed E-state index contributed by atoms with van der Waals surface area (Å²) in [4.78, 5) is 12.4. The Morgan fingerprint density at radius 2 is 2.00 bits per heavy atom. The van der Waals surface area contributed by atoms with Crippen LogP contribution in [0, 0.1) is 5.92 Å². The van der Waals surface area contributed by atoms with E-state index in [0.717, 1.165) is 0 Å². The molecule has 1 aromatic carbocycles. The minimum absolute atomic E-state index is 0.0386. The predicted molar refractivity (Wildman–Crippen MR) is 93.4 cm³/mol. The number of ether oxygens (including phenoxy) is 1. The van der Waals surface area contributed by atoms with E-state index in [2.05, 4.69) is 10.1 Å². The van der Waals surface area contributed by atoms with Crippen LogP contribution >= 0.6 is 0 Å². The van der Waals surface area contributed by atoms with Crippen molar-refractivity contribution in [3.63, 3.8) is 0 Å². The molecule has 1 amide bonds. The number of nitrogens with one attached hydrogen (secondary N) is 1. The lowest BCUT2D eigenvalue weighted by molar-refractivity contribution is -0.126. The Kier molecular flexibility index (Phi) is 6.94. The number of rotatable bonds is 7. The SMILES string of the molecule is CCS(=O)(=O)N1CCC(C(=O)NC(C)c2cccc(OC(F)F)c2)CC1. The van der Waals surface area contributed by atoms with E-state index in [1.807, 2.05) is 0 Å². The van der Waals surface area contributed by atoms with Crippen molar-refractivity contribution in [3.8, 4) is 5.75 Å². The van der Waals surface area contributed by atoms with E-state index in [-0.39, 0.29) is 29.4 Å². The van der Waals surface area contributed by atoms with Gasteiger partial charge >= 0.3 is 6.61 Å². The molecule has 0 aliphatic carbocycles. The van der Waals surface area contributed by atoms with Gasteiger partial charge in [0.25, 0.3) is 0 Å². The third-order valence-corrected chi connectivity index (χ3v) is 6.41. The first kappa shape index (κ1) is 20.6. The maximum atomic E-state index is 12.4. The number of carbonyl (C=O) groups excluding carboxylic acids is 1. The van der Waals surface area contributed by atoms with Crippen molar-refractivity contribution in [2.45, 2.75) is 39.3 Å². The summed E-state index contributed by atoms with van der Waals surface area (Å²) in [5.74, 6) is -0.332. The topological polar surface area (TPSA) is 75.7 Å².